The molecule has 0 fully saturated rings. The molecule has 0 bridgehead atoms. The highest BCUT2D eigenvalue weighted by Gasteiger charge is 2.20. The zero-order valence-electron chi connectivity index (χ0n) is 13.5. The number of thioether (sulfide) groups is 1. The van der Waals surface area contributed by atoms with Crippen molar-refractivity contribution in [3.05, 3.63) is 65.2 Å². The minimum Gasteiger partial charge on any atom is -0.349 e. The van der Waals surface area contributed by atoms with Crippen molar-refractivity contribution >= 4 is 17.7 Å². The molecule has 1 N–H and O–H groups in total. The second-order valence-electron chi connectivity index (χ2n) is 6.12. The number of hydrogen-bond acceptors (Lipinski definition) is 2. The Morgan fingerprint density at radius 1 is 1.17 bits per heavy atom. The third kappa shape index (κ3) is 4.38. The minimum absolute atomic E-state index is 0.159. The van der Waals surface area contributed by atoms with E-state index in [0.29, 0.717) is 6.42 Å². The fraction of sp³-hybridized carbons (Fsp3) is 0.350. The summed E-state index contributed by atoms with van der Waals surface area (Å²) >= 11 is 1.74. The Morgan fingerprint density at radius 2 is 1.96 bits per heavy atom. The van der Waals surface area contributed by atoms with Gasteiger partial charge in [-0.3, -0.25) is 4.79 Å². The Morgan fingerprint density at radius 3 is 2.78 bits per heavy atom. The van der Waals surface area contributed by atoms with Gasteiger partial charge in [0.2, 0.25) is 5.91 Å². The first kappa shape index (κ1) is 16.1. The van der Waals surface area contributed by atoms with Crippen LogP contribution in [0.25, 0.3) is 0 Å². The van der Waals surface area contributed by atoms with E-state index in [9.17, 15) is 4.79 Å². The van der Waals surface area contributed by atoms with E-state index in [2.05, 4.69) is 60.8 Å². The first-order chi connectivity index (χ1) is 11.2. The summed E-state index contributed by atoms with van der Waals surface area (Å²) in [6, 6.07) is 17.1. The second kappa shape index (κ2) is 7.69. The highest BCUT2D eigenvalue weighted by atomic mass is 32.2. The highest BCUT2D eigenvalue weighted by molar-refractivity contribution is 7.99. The first-order valence-electron chi connectivity index (χ1n) is 8.29. The van der Waals surface area contributed by atoms with E-state index in [1.165, 1.54) is 21.6 Å². The number of rotatable bonds is 5. The molecule has 23 heavy (non-hydrogen) atoms. The van der Waals surface area contributed by atoms with Gasteiger partial charge < -0.3 is 5.32 Å². The standard InChI is InChI=1S/C20H23NOS/c1-15-9-11-17(12-10-15)23-14-13-20(22)21-19-8-4-6-16-5-2-3-7-18(16)19/h2-3,5,7,9-12,19H,4,6,8,13-14H2,1H3,(H,21,22). The van der Waals surface area contributed by atoms with Gasteiger partial charge in [0.15, 0.2) is 0 Å². The monoisotopic (exact) mass is 325 g/mol. The van der Waals surface area contributed by atoms with Crippen molar-refractivity contribution in [3.63, 3.8) is 0 Å². The fourth-order valence-electron chi connectivity index (χ4n) is 3.07. The molecule has 1 amide bonds. The topological polar surface area (TPSA) is 29.1 Å². The van der Waals surface area contributed by atoms with Crippen LogP contribution < -0.4 is 5.32 Å². The molecule has 0 saturated heterocycles. The molecule has 0 radical (unpaired) electrons. The Bertz CT molecular complexity index is 666. The van der Waals surface area contributed by atoms with E-state index in [4.69, 9.17) is 0 Å². The number of carbonyl (C=O) groups is 1. The zero-order chi connectivity index (χ0) is 16.1. The van der Waals surface area contributed by atoms with E-state index in [1.54, 1.807) is 11.8 Å². The molecule has 0 aliphatic heterocycles. The molecule has 3 heteroatoms. The molecule has 1 atom stereocenters. The van der Waals surface area contributed by atoms with Crippen LogP contribution in [0.3, 0.4) is 0 Å². The average molecular weight is 325 g/mol. The molecule has 2 aromatic carbocycles. The largest absolute Gasteiger partial charge is 0.349 e. The van der Waals surface area contributed by atoms with Gasteiger partial charge in [-0.2, -0.15) is 0 Å². The lowest BCUT2D eigenvalue weighted by Gasteiger charge is -2.26. The fourth-order valence-corrected chi connectivity index (χ4v) is 3.92. The van der Waals surface area contributed by atoms with Crippen LogP contribution in [-0.4, -0.2) is 11.7 Å². The summed E-state index contributed by atoms with van der Waals surface area (Å²) in [6.45, 7) is 2.09. The molecule has 2 nitrogen and oxygen atoms in total. The average Bonchev–Trinajstić information content (AvgIpc) is 2.57. The van der Waals surface area contributed by atoms with Crippen LogP contribution in [0.2, 0.25) is 0 Å². The predicted octanol–water partition coefficient (Wildman–Crippen LogP) is 4.67. The Labute approximate surface area is 142 Å². The van der Waals surface area contributed by atoms with E-state index in [1.807, 2.05) is 0 Å². The molecule has 0 spiro atoms. The van der Waals surface area contributed by atoms with E-state index >= 15 is 0 Å². The summed E-state index contributed by atoms with van der Waals surface area (Å²) in [5, 5.41) is 3.22. The molecule has 120 valence electrons. The van der Waals surface area contributed by atoms with Gasteiger partial charge in [-0.1, -0.05) is 42.0 Å². The summed E-state index contributed by atoms with van der Waals surface area (Å²) < 4.78 is 0. The van der Waals surface area contributed by atoms with Gasteiger partial charge in [-0.05, 0) is 49.4 Å². The molecule has 1 aliphatic carbocycles. The number of benzene rings is 2. The van der Waals surface area contributed by atoms with Crippen molar-refractivity contribution in [3.8, 4) is 0 Å². The number of fused-ring (bicyclic) bond motifs is 1. The van der Waals surface area contributed by atoms with E-state index in [0.717, 1.165) is 25.0 Å². The van der Waals surface area contributed by atoms with Crippen LogP contribution in [0.5, 0.6) is 0 Å². The number of carbonyl (C=O) groups excluding carboxylic acids is 1. The van der Waals surface area contributed by atoms with Gasteiger partial charge >= 0.3 is 0 Å². The summed E-state index contributed by atoms with van der Waals surface area (Å²) in [5.41, 5.74) is 3.96. The minimum atomic E-state index is 0.159. The number of aryl methyl sites for hydroxylation is 2. The van der Waals surface area contributed by atoms with Gasteiger partial charge in [-0.15, -0.1) is 11.8 Å². The Kier molecular flexibility index (Phi) is 5.39. The normalized spacial score (nSPS) is 16.7. The first-order valence-corrected chi connectivity index (χ1v) is 9.27. The molecule has 1 aliphatic rings. The maximum Gasteiger partial charge on any atom is 0.221 e. The SMILES string of the molecule is Cc1ccc(SCCC(=O)NC2CCCc3ccccc32)cc1. The van der Waals surface area contributed by atoms with E-state index < -0.39 is 0 Å². The third-order valence-corrected chi connectivity index (χ3v) is 5.34. The highest BCUT2D eigenvalue weighted by Crippen LogP contribution is 2.29. The molecule has 0 saturated carbocycles. The molecule has 1 unspecified atom stereocenters. The van der Waals surface area contributed by atoms with Gasteiger partial charge in [0.25, 0.3) is 0 Å². The second-order valence-corrected chi connectivity index (χ2v) is 7.29. The van der Waals surface area contributed by atoms with Crippen LogP contribution in [0.4, 0.5) is 0 Å². The quantitative estimate of drug-likeness (QED) is 0.809. The van der Waals surface area contributed by atoms with Crippen LogP contribution in [0.1, 0.15) is 42.0 Å². The predicted molar refractivity (Wildman–Crippen MR) is 96.8 cm³/mol. The maximum atomic E-state index is 12.2. The van der Waals surface area contributed by atoms with E-state index in [-0.39, 0.29) is 11.9 Å². The van der Waals surface area contributed by atoms with Crippen molar-refractivity contribution < 1.29 is 4.79 Å². The van der Waals surface area contributed by atoms with Gasteiger partial charge in [-0.25, -0.2) is 0 Å². The maximum absolute atomic E-state index is 12.2. The Balaban J connectivity index is 1.49. The number of amides is 1. The number of hydrogen-bond donors (Lipinski definition) is 1. The van der Waals surface area contributed by atoms with Crippen LogP contribution in [0, 0.1) is 6.92 Å². The smallest absolute Gasteiger partial charge is 0.221 e. The molecular formula is C20H23NOS. The van der Waals surface area contributed by atoms with Crippen molar-refractivity contribution in [2.75, 3.05) is 5.75 Å². The lowest BCUT2D eigenvalue weighted by molar-refractivity contribution is -0.121. The summed E-state index contributed by atoms with van der Waals surface area (Å²) in [7, 11) is 0. The van der Waals surface area contributed by atoms with Crippen molar-refractivity contribution in [1.82, 2.24) is 5.32 Å². The molecule has 0 aromatic heterocycles. The van der Waals surface area contributed by atoms with Crippen molar-refractivity contribution in [2.24, 2.45) is 0 Å². The van der Waals surface area contributed by atoms with Gasteiger partial charge in [0, 0.05) is 17.1 Å². The summed E-state index contributed by atoms with van der Waals surface area (Å²) in [6.07, 6.45) is 3.90. The number of nitrogens with one attached hydrogen (secondary N) is 1. The van der Waals surface area contributed by atoms with Crippen molar-refractivity contribution in [2.45, 2.75) is 43.5 Å². The van der Waals surface area contributed by atoms with Crippen LogP contribution in [0.15, 0.2) is 53.4 Å². The lowest BCUT2D eigenvalue weighted by atomic mass is 9.88. The zero-order valence-corrected chi connectivity index (χ0v) is 14.4. The van der Waals surface area contributed by atoms with Crippen molar-refractivity contribution in [1.29, 1.82) is 0 Å². The molecule has 0 heterocycles. The molecule has 3 rings (SSSR count). The van der Waals surface area contributed by atoms with Gasteiger partial charge in [0.05, 0.1) is 6.04 Å². The Hall–Kier alpha value is -1.74. The summed E-state index contributed by atoms with van der Waals surface area (Å²) in [5.74, 6) is 0.981. The van der Waals surface area contributed by atoms with Crippen LogP contribution in [-0.2, 0) is 11.2 Å². The molecular weight excluding hydrogens is 302 g/mol. The summed E-state index contributed by atoms with van der Waals surface area (Å²) in [4.78, 5) is 13.5. The van der Waals surface area contributed by atoms with Crippen LogP contribution >= 0.6 is 11.8 Å². The lowest BCUT2D eigenvalue weighted by Crippen LogP contribution is -2.31. The molecule has 2 aromatic rings. The van der Waals surface area contributed by atoms with Gasteiger partial charge in [0.1, 0.15) is 0 Å². The third-order valence-electron chi connectivity index (χ3n) is 4.32.